The number of nitrogens with one attached hydrogen (secondary N) is 1. The number of aromatic carboxylic acids is 1. The van der Waals surface area contributed by atoms with Gasteiger partial charge in [-0.05, 0) is 46.3 Å². The van der Waals surface area contributed by atoms with Crippen molar-refractivity contribution in [3.63, 3.8) is 0 Å². The Morgan fingerprint density at radius 1 is 1.35 bits per heavy atom. The third kappa shape index (κ3) is 3.24. The monoisotopic (exact) mass is 340 g/mol. The van der Waals surface area contributed by atoms with Gasteiger partial charge in [-0.15, -0.1) is 0 Å². The molecule has 2 rings (SSSR count). The maximum atomic E-state index is 13.1. The minimum absolute atomic E-state index is 0.0282. The first-order valence-corrected chi connectivity index (χ1v) is 6.40. The van der Waals surface area contributed by atoms with E-state index in [1.54, 1.807) is 6.07 Å². The van der Waals surface area contributed by atoms with E-state index in [-0.39, 0.29) is 16.7 Å². The fraction of sp³-hybridized carbons (Fsp3) is 0.0769. The van der Waals surface area contributed by atoms with Crippen LogP contribution in [0, 0.1) is 5.82 Å². The zero-order valence-corrected chi connectivity index (χ0v) is 11.7. The van der Waals surface area contributed by atoms with E-state index in [9.17, 15) is 14.0 Å². The van der Waals surface area contributed by atoms with E-state index >= 15 is 0 Å². The van der Waals surface area contributed by atoms with Crippen LogP contribution in [0.15, 0.2) is 41.0 Å². The SMILES string of the molecule is O=C(Cn1cccc1C(=O)O)Nc1ccc(F)c(Br)c1. The molecule has 20 heavy (non-hydrogen) atoms. The van der Waals surface area contributed by atoms with Crippen LogP contribution in [-0.4, -0.2) is 21.6 Å². The number of anilines is 1. The fourth-order valence-electron chi connectivity index (χ4n) is 1.68. The molecule has 0 saturated heterocycles. The standard InChI is InChI=1S/C13H10BrFN2O3/c14-9-6-8(3-4-10(9)15)16-12(18)7-17-5-1-2-11(17)13(19)20/h1-6H,7H2,(H,16,18)(H,19,20). The number of carbonyl (C=O) groups is 2. The Labute approximate surface area is 122 Å². The highest BCUT2D eigenvalue weighted by Crippen LogP contribution is 2.20. The van der Waals surface area contributed by atoms with Gasteiger partial charge in [0.15, 0.2) is 0 Å². The molecule has 1 heterocycles. The van der Waals surface area contributed by atoms with E-state index in [1.807, 2.05) is 0 Å². The maximum Gasteiger partial charge on any atom is 0.352 e. The lowest BCUT2D eigenvalue weighted by atomic mass is 10.3. The summed E-state index contributed by atoms with van der Waals surface area (Å²) >= 11 is 3.02. The van der Waals surface area contributed by atoms with E-state index in [4.69, 9.17) is 5.11 Å². The van der Waals surface area contributed by atoms with E-state index in [1.165, 1.54) is 35.0 Å². The van der Waals surface area contributed by atoms with Gasteiger partial charge in [0.05, 0.1) is 4.47 Å². The summed E-state index contributed by atoms with van der Waals surface area (Å²) in [4.78, 5) is 22.7. The second kappa shape index (κ2) is 5.87. The number of carboxylic acid groups (broad SMARTS) is 1. The van der Waals surface area contributed by atoms with Crippen LogP contribution in [0.4, 0.5) is 10.1 Å². The molecule has 0 unspecified atom stereocenters. The van der Waals surface area contributed by atoms with Gasteiger partial charge in [0.1, 0.15) is 18.1 Å². The van der Waals surface area contributed by atoms with Crippen molar-refractivity contribution in [2.45, 2.75) is 6.54 Å². The Morgan fingerprint density at radius 2 is 2.10 bits per heavy atom. The van der Waals surface area contributed by atoms with Crippen molar-refractivity contribution in [3.05, 3.63) is 52.5 Å². The molecule has 7 heteroatoms. The summed E-state index contributed by atoms with van der Waals surface area (Å²) in [7, 11) is 0. The van der Waals surface area contributed by atoms with E-state index in [2.05, 4.69) is 21.2 Å². The summed E-state index contributed by atoms with van der Waals surface area (Å²) < 4.78 is 14.6. The summed E-state index contributed by atoms with van der Waals surface area (Å²) in [6, 6.07) is 7.03. The van der Waals surface area contributed by atoms with Crippen LogP contribution in [0.2, 0.25) is 0 Å². The van der Waals surface area contributed by atoms with Gasteiger partial charge in [-0.2, -0.15) is 0 Å². The predicted molar refractivity (Wildman–Crippen MR) is 74.1 cm³/mol. The number of benzene rings is 1. The molecule has 0 aliphatic heterocycles. The highest BCUT2D eigenvalue weighted by Gasteiger charge is 2.12. The Balaban J connectivity index is 2.07. The van der Waals surface area contributed by atoms with Crippen molar-refractivity contribution in [2.24, 2.45) is 0 Å². The van der Waals surface area contributed by atoms with Crippen molar-refractivity contribution in [2.75, 3.05) is 5.32 Å². The lowest BCUT2D eigenvalue weighted by molar-refractivity contribution is -0.116. The van der Waals surface area contributed by atoms with Crippen LogP contribution >= 0.6 is 15.9 Å². The van der Waals surface area contributed by atoms with Crippen LogP contribution in [0.5, 0.6) is 0 Å². The van der Waals surface area contributed by atoms with Gasteiger partial charge in [0.2, 0.25) is 5.91 Å². The molecule has 104 valence electrons. The molecule has 5 nitrogen and oxygen atoms in total. The van der Waals surface area contributed by atoms with E-state index in [0.717, 1.165) is 0 Å². The molecule has 1 aromatic heterocycles. The largest absolute Gasteiger partial charge is 0.477 e. The van der Waals surface area contributed by atoms with Crippen LogP contribution in [0.1, 0.15) is 10.5 Å². The summed E-state index contributed by atoms with van der Waals surface area (Å²) in [5.74, 6) is -1.93. The number of amides is 1. The lowest BCUT2D eigenvalue weighted by Gasteiger charge is -2.08. The second-order valence-electron chi connectivity index (χ2n) is 4.00. The summed E-state index contributed by atoms with van der Waals surface area (Å²) in [5, 5.41) is 11.5. The molecule has 0 fully saturated rings. The van der Waals surface area contributed by atoms with Gasteiger partial charge < -0.3 is 15.0 Å². The molecule has 0 aliphatic rings. The second-order valence-corrected chi connectivity index (χ2v) is 4.86. The maximum absolute atomic E-state index is 13.1. The van der Waals surface area contributed by atoms with Crippen molar-refractivity contribution in [1.29, 1.82) is 0 Å². The summed E-state index contributed by atoms with van der Waals surface area (Å²) in [5.41, 5.74) is 0.452. The molecular formula is C13H10BrFN2O3. The minimum Gasteiger partial charge on any atom is -0.477 e. The minimum atomic E-state index is -1.10. The van der Waals surface area contributed by atoms with Gasteiger partial charge in [0.25, 0.3) is 0 Å². The molecule has 0 radical (unpaired) electrons. The number of halogens is 2. The van der Waals surface area contributed by atoms with Gasteiger partial charge in [-0.3, -0.25) is 4.79 Å². The molecule has 0 bridgehead atoms. The fourth-order valence-corrected chi connectivity index (χ4v) is 2.05. The predicted octanol–water partition coefficient (Wildman–Crippen LogP) is 2.73. The summed E-state index contributed by atoms with van der Waals surface area (Å²) in [6.07, 6.45) is 1.50. The van der Waals surface area contributed by atoms with E-state index in [0.29, 0.717) is 5.69 Å². The van der Waals surface area contributed by atoms with Crippen molar-refractivity contribution in [3.8, 4) is 0 Å². The van der Waals surface area contributed by atoms with Gasteiger partial charge in [-0.1, -0.05) is 0 Å². The zero-order valence-electron chi connectivity index (χ0n) is 10.1. The van der Waals surface area contributed by atoms with Crippen molar-refractivity contribution < 1.29 is 19.1 Å². The number of aromatic nitrogens is 1. The Hall–Kier alpha value is -2.15. The molecule has 0 saturated carbocycles. The van der Waals surface area contributed by atoms with Crippen molar-refractivity contribution >= 4 is 33.5 Å². The molecule has 0 spiro atoms. The average Bonchev–Trinajstić information content (AvgIpc) is 2.82. The first-order valence-electron chi connectivity index (χ1n) is 5.60. The molecule has 1 aromatic carbocycles. The number of hydrogen-bond donors (Lipinski definition) is 2. The van der Waals surface area contributed by atoms with Gasteiger partial charge >= 0.3 is 5.97 Å². The third-order valence-electron chi connectivity index (χ3n) is 2.57. The highest BCUT2D eigenvalue weighted by molar-refractivity contribution is 9.10. The van der Waals surface area contributed by atoms with Gasteiger partial charge in [0, 0.05) is 11.9 Å². The Kier molecular flexibility index (Phi) is 4.19. The number of carbonyl (C=O) groups excluding carboxylic acids is 1. The Morgan fingerprint density at radius 3 is 2.75 bits per heavy atom. The smallest absolute Gasteiger partial charge is 0.352 e. The summed E-state index contributed by atoms with van der Waals surface area (Å²) in [6.45, 7) is -0.135. The third-order valence-corrected chi connectivity index (χ3v) is 3.17. The Bertz CT molecular complexity index is 669. The number of hydrogen-bond acceptors (Lipinski definition) is 2. The van der Waals surface area contributed by atoms with Crippen molar-refractivity contribution in [1.82, 2.24) is 4.57 Å². The van der Waals surface area contributed by atoms with E-state index < -0.39 is 17.7 Å². The molecule has 1 amide bonds. The normalized spacial score (nSPS) is 10.3. The molecular weight excluding hydrogens is 331 g/mol. The zero-order chi connectivity index (χ0) is 14.7. The first-order chi connectivity index (χ1) is 9.47. The molecule has 0 aliphatic carbocycles. The highest BCUT2D eigenvalue weighted by atomic mass is 79.9. The average molecular weight is 341 g/mol. The van der Waals surface area contributed by atoms with Crippen LogP contribution < -0.4 is 5.32 Å². The number of carboxylic acids is 1. The van der Waals surface area contributed by atoms with Crippen LogP contribution in [0.25, 0.3) is 0 Å². The van der Waals surface area contributed by atoms with Gasteiger partial charge in [-0.25, -0.2) is 9.18 Å². The lowest BCUT2D eigenvalue weighted by Crippen LogP contribution is -2.20. The topological polar surface area (TPSA) is 71.3 Å². The quantitative estimate of drug-likeness (QED) is 0.898. The molecule has 0 atom stereocenters. The number of rotatable bonds is 4. The first kappa shape index (κ1) is 14.3. The molecule has 2 aromatic rings. The molecule has 2 N–H and O–H groups in total. The van der Waals surface area contributed by atoms with Crippen LogP contribution in [0.3, 0.4) is 0 Å². The number of nitrogens with zero attached hydrogens (tertiary/aromatic N) is 1. The van der Waals surface area contributed by atoms with Crippen LogP contribution in [-0.2, 0) is 11.3 Å².